The number of ether oxygens (including phenoxy) is 2. The van der Waals surface area contributed by atoms with Gasteiger partial charge in [0.05, 0.1) is 25.4 Å². The number of carbonyl (C=O) groups is 2. The predicted molar refractivity (Wildman–Crippen MR) is 155 cm³/mol. The molecule has 198 valence electrons. The number of nitrogens with zero attached hydrogens (tertiary/aromatic N) is 2. The maximum absolute atomic E-state index is 14.0. The number of hydrogen-bond acceptors (Lipinski definition) is 5. The van der Waals surface area contributed by atoms with Crippen LogP contribution in [-0.2, 0) is 9.47 Å². The largest absolute Gasteiger partial charge is 0.462 e. The fourth-order valence-electron chi connectivity index (χ4n) is 4.79. The predicted octanol–water partition coefficient (Wildman–Crippen LogP) is 6.65. The number of rotatable bonds is 7. The Bertz CT molecular complexity index is 1430. The normalized spacial score (nSPS) is 13.1. The number of carbonyl (C=O) groups excluding carboxylic acids is 2. The smallest absolute Gasteiger partial charge is 0.338 e. The first-order valence-electron chi connectivity index (χ1n) is 13.3. The van der Waals surface area contributed by atoms with E-state index in [1.807, 2.05) is 91.9 Å². The molecule has 6 nitrogen and oxygen atoms in total. The van der Waals surface area contributed by atoms with E-state index in [0.717, 1.165) is 46.8 Å². The fraction of sp³-hybridized carbons (Fsp3) is 0.212. The first kappa shape index (κ1) is 26.2. The summed E-state index contributed by atoms with van der Waals surface area (Å²) in [5, 5.41) is 0. The van der Waals surface area contributed by atoms with Gasteiger partial charge in [-0.15, -0.1) is 0 Å². The van der Waals surface area contributed by atoms with E-state index in [1.165, 1.54) is 0 Å². The van der Waals surface area contributed by atoms with Crippen molar-refractivity contribution in [2.45, 2.75) is 13.8 Å². The standard InChI is InChI=1S/C33H32N2O4/c1-3-39-33(37)27-12-10-25(11-13-27)31-23-30(16-9-24(31)2)35(29-7-5-4-6-8-29)32(36)26-14-17-28(18-15-26)34-19-21-38-22-20-34/h4-18,23H,3,19-22H2,1-2H3. The minimum absolute atomic E-state index is 0.109. The average molecular weight is 521 g/mol. The molecule has 0 aliphatic carbocycles. The van der Waals surface area contributed by atoms with E-state index in [4.69, 9.17) is 9.47 Å². The van der Waals surface area contributed by atoms with Crippen LogP contribution in [0.2, 0.25) is 0 Å². The molecule has 39 heavy (non-hydrogen) atoms. The van der Waals surface area contributed by atoms with Gasteiger partial charge in [-0.05, 0) is 91.2 Å². The summed E-state index contributed by atoms with van der Waals surface area (Å²) in [5.41, 5.74) is 6.76. The Kier molecular flexibility index (Phi) is 8.04. The second-order valence-corrected chi connectivity index (χ2v) is 9.42. The molecule has 1 saturated heterocycles. The lowest BCUT2D eigenvalue weighted by Crippen LogP contribution is -2.36. The van der Waals surface area contributed by atoms with Gasteiger partial charge in [0.15, 0.2) is 0 Å². The molecule has 4 aromatic rings. The van der Waals surface area contributed by atoms with Gasteiger partial charge in [-0.3, -0.25) is 9.69 Å². The van der Waals surface area contributed by atoms with Gasteiger partial charge in [0.1, 0.15) is 0 Å². The van der Waals surface area contributed by atoms with E-state index < -0.39 is 0 Å². The van der Waals surface area contributed by atoms with Crippen molar-refractivity contribution in [1.29, 1.82) is 0 Å². The molecule has 4 aromatic carbocycles. The van der Waals surface area contributed by atoms with Crippen molar-refractivity contribution in [2.24, 2.45) is 0 Å². The zero-order valence-electron chi connectivity index (χ0n) is 22.3. The molecular weight excluding hydrogens is 488 g/mol. The molecule has 0 radical (unpaired) electrons. The lowest BCUT2D eigenvalue weighted by molar-refractivity contribution is 0.0526. The zero-order valence-corrected chi connectivity index (χ0v) is 22.3. The SMILES string of the molecule is CCOC(=O)c1ccc(-c2cc(N(C(=O)c3ccc(N4CCOCC4)cc3)c3ccccc3)ccc2C)cc1. The van der Waals surface area contributed by atoms with Crippen LogP contribution in [0, 0.1) is 6.92 Å². The van der Waals surface area contributed by atoms with E-state index >= 15 is 0 Å². The first-order chi connectivity index (χ1) is 19.0. The molecule has 0 bridgehead atoms. The van der Waals surface area contributed by atoms with Gasteiger partial charge in [0.25, 0.3) is 5.91 Å². The molecule has 0 spiro atoms. The van der Waals surface area contributed by atoms with Crippen LogP contribution in [0.3, 0.4) is 0 Å². The Hall–Kier alpha value is -4.42. The molecule has 0 aromatic heterocycles. The maximum atomic E-state index is 14.0. The Morgan fingerprint density at radius 2 is 1.49 bits per heavy atom. The van der Waals surface area contributed by atoms with Gasteiger partial charge in [-0.1, -0.05) is 36.4 Å². The molecule has 5 rings (SSSR count). The molecule has 1 aliphatic rings. The molecule has 1 amide bonds. The van der Waals surface area contributed by atoms with Crippen LogP contribution >= 0.6 is 0 Å². The second-order valence-electron chi connectivity index (χ2n) is 9.42. The summed E-state index contributed by atoms with van der Waals surface area (Å²) in [7, 11) is 0. The van der Waals surface area contributed by atoms with Crippen LogP contribution in [0.25, 0.3) is 11.1 Å². The van der Waals surface area contributed by atoms with Crippen molar-refractivity contribution in [3.8, 4) is 11.1 Å². The van der Waals surface area contributed by atoms with E-state index in [9.17, 15) is 9.59 Å². The third-order valence-corrected chi connectivity index (χ3v) is 6.89. The number of esters is 1. The molecule has 1 heterocycles. The third kappa shape index (κ3) is 5.86. The van der Waals surface area contributed by atoms with Gasteiger partial charge in [0.2, 0.25) is 0 Å². The van der Waals surface area contributed by atoms with Gasteiger partial charge >= 0.3 is 5.97 Å². The highest BCUT2D eigenvalue weighted by atomic mass is 16.5. The van der Waals surface area contributed by atoms with Crippen molar-refractivity contribution in [3.63, 3.8) is 0 Å². The van der Waals surface area contributed by atoms with Crippen molar-refractivity contribution in [1.82, 2.24) is 0 Å². The molecule has 0 atom stereocenters. The Labute approximate surface area is 229 Å². The lowest BCUT2D eigenvalue weighted by Gasteiger charge is -2.29. The summed E-state index contributed by atoms with van der Waals surface area (Å²) in [6.45, 7) is 7.28. The van der Waals surface area contributed by atoms with Crippen LogP contribution in [-0.4, -0.2) is 44.8 Å². The number of para-hydroxylation sites is 1. The van der Waals surface area contributed by atoms with Gasteiger partial charge in [-0.2, -0.15) is 0 Å². The Morgan fingerprint density at radius 3 is 2.15 bits per heavy atom. The highest BCUT2D eigenvalue weighted by Crippen LogP contribution is 2.33. The molecule has 1 fully saturated rings. The van der Waals surface area contributed by atoms with Crippen LogP contribution in [0.1, 0.15) is 33.2 Å². The van der Waals surface area contributed by atoms with Crippen molar-refractivity contribution >= 4 is 28.9 Å². The summed E-state index contributed by atoms with van der Waals surface area (Å²) in [6, 6.07) is 30.9. The van der Waals surface area contributed by atoms with Gasteiger partial charge in [-0.25, -0.2) is 4.79 Å². The quantitative estimate of drug-likeness (QED) is 0.255. The number of hydrogen-bond donors (Lipinski definition) is 0. The summed E-state index contributed by atoms with van der Waals surface area (Å²) >= 11 is 0. The van der Waals surface area contributed by atoms with Crippen LogP contribution in [0.5, 0.6) is 0 Å². The molecule has 0 unspecified atom stereocenters. The monoisotopic (exact) mass is 520 g/mol. The van der Waals surface area contributed by atoms with E-state index in [0.29, 0.717) is 30.9 Å². The molecule has 0 N–H and O–H groups in total. The van der Waals surface area contributed by atoms with E-state index in [1.54, 1.807) is 24.0 Å². The molecule has 6 heteroatoms. The number of anilines is 3. The zero-order chi connectivity index (χ0) is 27.2. The topological polar surface area (TPSA) is 59.1 Å². The van der Waals surface area contributed by atoms with Gasteiger partial charge in [0, 0.05) is 35.7 Å². The van der Waals surface area contributed by atoms with Crippen LogP contribution in [0.15, 0.2) is 97.1 Å². The highest BCUT2D eigenvalue weighted by molar-refractivity contribution is 6.11. The minimum Gasteiger partial charge on any atom is -0.462 e. The Balaban J connectivity index is 1.48. The third-order valence-electron chi connectivity index (χ3n) is 6.89. The number of morpholine rings is 1. The van der Waals surface area contributed by atoms with Crippen LogP contribution in [0.4, 0.5) is 17.1 Å². The second kappa shape index (κ2) is 12.0. The lowest BCUT2D eigenvalue weighted by atomic mass is 9.98. The highest BCUT2D eigenvalue weighted by Gasteiger charge is 2.22. The molecule has 0 saturated carbocycles. The van der Waals surface area contributed by atoms with Crippen molar-refractivity contribution in [3.05, 3.63) is 114 Å². The minimum atomic E-state index is -0.338. The Morgan fingerprint density at radius 1 is 0.821 bits per heavy atom. The number of benzene rings is 4. The molecule has 1 aliphatic heterocycles. The average Bonchev–Trinajstić information content (AvgIpc) is 2.99. The molecular formula is C33H32N2O4. The number of amides is 1. The van der Waals surface area contributed by atoms with Crippen LogP contribution < -0.4 is 9.80 Å². The summed E-state index contributed by atoms with van der Waals surface area (Å²) in [4.78, 5) is 30.1. The summed E-state index contributed by atoms with van der Waals surface area (Å²) in [5.74, 6) is -0.447. The van der Waals surface area contributed by atoms with Gasteiger partial charge < -0.3 is 14.4 Å². The summed E-state index contributed by atoms with van der Waals surface area (Å²) in [6.07, 6.45) is 0. The summed E-state index contributed by atoms with van der Waals surface area (Å²) < 4.78 is 10.6. The maximum Gasteiger partial charge on any atom is 0.338 e. The van der Waals surface area contributed by atoms with Crippen molar-refractivity contribution < 1.29 is 19.1 Å². The number of aryl methyl sites for hydroxylation is 1. The van der Waals surface area contributed by atoms with E-state index in [-0.39, 0.29) is 11.9 Å². The van der Waals surface area contributed by atoms with Crippen molar-refractivity contribution in [2.75, 3.05) is 42.7 Å². The van der Waals surface area contributed by atoms with E-state index in [2.05, 4.69) is 4.90 Å². The fourth-order valence-corrected chi connectivity index (χ4v) is 4.79. The first-order valence-corrected chi connectivity index (χ1v) is 13.3.